The summed E-state index contributed by atoms with van der Waals surface area (Å²) in [5.74, 6) is 0.771. The summed E-state index contributed by atoms with van der Waals surface area (Å²) in [6.45, 7) is 3.01. The van der Waals surface area contributed by atoms with Crippen LogP contribution in [0.15, 0.2) is 40.8 Å². The third kappa shape index (κ3) is 4.18. The SMILES string of the molecule is COCC(NCc1ccc(C(=O)O)cc1)c1ccc(C)o1. The molecule has 0 bridgehead atoms. The van der Waals surface area contributed by atoms with Crippen LogP contribution >= 0.6 is 0 Å². The second kappa shape index (κ2) is 7.06. The molecule has 0 fully saturated rings. The van der Waals surface area contributed by atoms with Gasteiger partial charge >= 0.3 is 5.97 Å². The van der Waals surface area contributed by atoms with Gasteiger partial charge in [0, 0.05) is 13.7 Å². The van der Waals surface area contributed by atoms with Gasteiger partial charge in [-0.3, -0.25) is 0 Å². The first kappa shape index (κ1) is 15.3. The molecule has 1 heterocycles. The van der Waals surface area contributed by atoms with E-state index in [4.69, 9.17) is 14.3 Å². The van der Waals surface area contributed by atoms with E-state index in [0.29, 0.717) is 13.2 Å². The molecule has 2 aromatic rings. The first-order valence-electron chi connectivity index (χ1n) is 6.71. The monoisotopic (exact) mass is 289 g/mol. The Balaban J connectivity index is 1.99. The smallest absolute Gasteiger partial charge is 0.335 e. The molecule has 0 saturated heterocycles. The van der Waals surface area contributed by atoms with E-state index in [1.165, 1.54) is 0 Å². The van der Waals surface area contributed by atoms with Crippen molar-refractivity contribution in [3.63, 3.8) is 0 Å². The van der Waals surface area contributed by atoms with E-state index in [9.17, 15) is 4.79 Å². The van der Waals surface area contributed by atoms with Gasteiger partial charge in [0.15, 0.2) is 0 Å². The fourth-order valence-electron chi connectivity index (χ4n) is 2.06. The molecule has 2 N–H and O–H groups in total. The predicted octanol–water partition coefficient (Wildman–Crippen LogP) is 2.76. The first-order valence-corrected chi connectivity index (χ1v) is 6.71. The second-order valence-electron chi connectivity index (χ2n) is 4.84. The van der Waals surface area contributed by atoms with Crippen molar-refractivity contribution < 1.29 is 19.1 Å². The van der Waals surface area contributed by atoms with Crippen LogP contribution in [-0.4, -0.2) is 24.8 Å². The highest BCUT2D eigenvalue weighted by Crippen LogP contribution is 2.17. The van der Waals surface area contributed by atoms with Crippen LogP contribution in [0, 0.1) is 6.92 Å². The van der Waals surface area contributed by atoms with Crippen LogP contribution in [0.1, 0.15) is 33.5 Å². The number of hydrogen-bond acceptors (Lipinski definition) is 4. The molecular formula is C16H19NO4. The molecule has 1 unspecified atom stereocenters. The lowest BCUT2D eigenvalue weighted by atomic mass is 10.1. The molecule has 0 saturated carbocycles. The molecule has 5 nitrogen and oxygen atoms in total. The standard InChI is InChI=1S/C16H19NO4/c1-11-3-8-15(21-11)14(10-20-2)17-9-12-4-6-13(7-5-12)16(18)19/h3-8,14,17H,9-10H2,1-2H3,(H,18,19). The van der Waals surface area contributed by atoms with Gasteiger partial charge in [-0.05, 0) is 36.8 Å². The van der Waals surface area contributed by atoms with E-state index in [-0.39, 0.29) is 11.6 Å². The lowest BCUT2D eigenvalue weighted by Gasteiger charge is -2.16. The van der Waals surface area contributed by atoms with E-state index in [1.54, 1.807) is 31.4 Å². The molecule has 0 aliphatic carbocycles. The van der Waals surface area contributed by atoms with Crippen LogP contribution in [0.4, 0.5) is 0 Å². The highest BCUT2D eigenvalue weighted by atomic mass is 16.5. The van der Waals surface area contributed by atoms with E-state index < -0.39 is 5.97 Å². The molecule has 5 heteroatoms. The van der Waals surface area contributed by atoms with E-state index >= 15 is 0 Å². The van der Waals surface area contributed by atoms with Crippen molar-refractivity contribution in [2.24, 2.45) is 0 Å². The molecule has 0 aliphatic rings. The van der Waals surface area contributed by atoms with E-state index in [0.717, 1.165) is 17.1 Å². The summed E-state index contributed by atoms with van der Waals surface area (Å²) in [5, 5.41) is 12.2. The van der Waals surface area contributed by atoms with Crippen molar-refractivity contribution in [3.05, 3.63) is 59.0 Å². The number of furan rings is 1. The van der Waals surface area contributed by atoms with Gasteiger partial charge < -0.3 is 19.6 Å². The number of benzene rings is 1. The lowest BCUT2D eigenvalue weighted by molar-refractivity contribution is 0.0697. The van der Waals surface area contributed by atoms with Crippen molar-refractivity contribution in [2.45, 2.75) is 19.5 Å². The lowest BCUT2D eigenvalue weighted by Crippen LogP contribution is -2.24. The Bertz CT molecular complexity index is 589. The summed E-state index contributed by atoms with van der Waals surface area (Å²) in [6.07, 6.45) is 0. The van der Waals surface area contributed by atoms with Gasteiger partial charge in [-0.2, -0.15) is 0 Å². The summed E-state index contributed by atoms with van der Waals surface area (Å²) in [5.41, 5.74) is 1.29. The number of aryl methyl sites for hydroxylation is 1. The largest absolute Gasteiger partial charge is 0.478 e. The normalized spacial score (nSPS) is 12.3. The number of aromatic carboxylic acids is 1. The molecule has 1 atom stereocenters. The zero-order valence-corrected chi connectivity index (χ0v) is 12.1. The summed E-state index contributed by atoms with van der Waals surface area (Å²) in [6, 6.07) is 10.6. The number of methoxy groups -OCH3 is 1. The minimum absolute atomic E-state index is 0.0390. The Morgan fingerprint density at radius 2 is 2.00 bits per heavy atom. The van der Waals surface area contributed by atoms with Gasteiger partial charge in [0.1, 0.15) is 11.5 Å². The maximum Gasteiger partial charge on any atom is 0.335 e. The number of hydrogen-bond donors (Lipinski definition) is 2. The Hall–Kier alpha value is -2.11. The third-order valence-electron chi connectivity index (χ3n) is 3.19. The van der Waals surface area contributed by atoms with Crippen molar-refractivity contribution in [2.75, 3.05) is 13.7 Å². The Morgan fingerprint density at radius 3 is 2.52 bits per heavy atom. The number of carboxylic acid groups (broad SMARTS) is 1. The van der Waals surface area contributed by atoms with Gasteiger partial charge in [-0.1, -0.05) is 12.1 Å². The number of rotatable bonds is 7. The van der Waals surface area contributed by atoms with E-state index in [2.05, 4.69) is 5.32 Å². The minimum Gasteiger partial charge on any atom is -0.478 e. The van der Waals surface area contributed by atoms with Crippen molar-refractivity contribution in [1.82, 2.24) is 5.32 Å². The fourth-order valence-corrected chi connectivity index (χ4v) is 2.06. The average Bonchev–Trinajstić information content (AvgIpc) is 2.90. The van der Waals surface area contributed by atoms with Crippen LogP contribution < -0.4 is 5.32 Å². The van der Waals surface area contributed by atoms with Crippen LogP contribution in [0.5, 0.6) is 0 Å². The van der Waals surface area contributed by atoms with Crippen LogP contribution in [-0.2, 0) is 11.3 Å². The Kier molecular flexibility index (Phi) is 5.14. The summed E-state index contributed by atoms with van der Waals surface area (Å²) >= 11 is 0. The number of carbonyl (C=O) groups is 1. The maximum absolute atomic E-state index is 10.8. The molecule has 1 aromatic carbocycles. The number of ether oxygens (including phenoxy) is 1. The van der Waals surface area contributed by atoms with Gasteiger partial charge in [0.05, 0.1) is 18.2 Å². The van der Waals surface area contributed by atoms with Crippen LogP contribution in [0.25, 0.3) is 0 Å². The average molecular weight is 289 g/mol. The minimum atomic E-state index is -0.919. The van der Waals surface area contributed by atoms with Gasteiger partial charge in [0.25, 0.3) is 0 Å². The van der Waals surface area contributed by atoms with Gasteiger partial charge in [-0.15, -0.1) is 0 Å². The highest BCUT2D eigenvalue weighted by molar-refractivity contribution is 5.87. The van der Waals surface area contributed by atoms with Crippen LogP contribution in [0.3, 0.4) is 0 Å². The maximum atomic E-state index is 10.8. The fraction of sp³-hybridized carbons (Fsp3) is 0.312. The summed E-state index contributed by atoms with van der Waals surface area (Å²) in [7, 11) is 1.64. The van der Waals surface area contributed by atoms with Crippen molar-refractivity contribution in [1.29, 1.82) is 0 Å². The second-order valence-corrected chi connectivity index (χ2v) is 4.84. The topological polar surface area (TPSA) is 71.7 Å². The van der Waals surface area contributed by atoms with E-state index in [1.807, 2.05) is 19.1 Å². The third-order valence-corrected chi connectivity index (χ3v) is 3.19. The number of nitrogens with one attached hydrogen (secondary N) is 1. The zero-order chi connectivity index (χ0) is 15.2. The van der Waals surface area contributed by atoms with Crippen LogP contribution in [0.2, 0.25) is 0 Å². The predicted molar refractivity (Wildman–Crippen MR) is 78.3 cm³/mol. The molecule has 1 aromatic heterocycles. The molecule has 0 amide bonds. The Morgan fingerprint density at radius 1 is 1.29 bits per heavy atom. The quantitative estimate of drug-likeness (QED) is 0.820. The molecule has 2 rings (SSSR count). The molecule has 0 spiro atoms. The Labute approximate surface area is 123 Å². The molecule has 21 heavy (non-hydrogen) atoms. The zero-order valence-electron chi connectivity index (χ0n) is 12.1. The number of carboxylic acids is 1. The molecule has 112 valence electrons. The molecule has 0 aliphatic heterocycles. The van der Waals surface area contributed by atoms with Gasteiger partial charge in [-0.25, -0.2) is 4.79 Å². The van der Waals surface area contributed by atoms with Crippen molar-refractivity contribution in [3.8, 4) is 0 Å². The van der Waals surface area contributed by atoms with Gasteiger partial charge in [0.2, 0.25) is 0 Å². The first-order chi connectivity index (χ1) is 10.1. The van der Waals surface area contributed by atoms with Crippen molar-refractivity contribution >= 4 is 5.97 Å². The summed E-state index contributed by atoms with van der Waals surface area (Å²) in [4.78, 5) is 10.8. The highest BCUT2D eigenvalue weighted by Gasteiger charge is 2.14. The molecule has 0 radical (unpaired) electrons. The summed E-state index contributed by atoms with van der Waals surface area (Å²) < 4.78 is 10.8. The molecular weight excluding hydrogens is 270 g/mol.